The van der Waals surface area contributed by atoms with Crippen molar-refractivity contribution in [1.82, 2.24) is 4.98 Å². The van der Waals surface area contributed by atoms with Crippen LogP contribution in [0, 0.1) is 0 Å². The molecule has 0 atom stereocenters. The molecule has 0 bridgehead atoms. The lowest BCUT2D eigenvalue weighted by Crippen LogP contribution is -1.76. The molecule has 4 heteroatoms. The molecule has 0 aliphatic carbocycles. The molecule has 58 valence electrons. The second-order valence-corrected chi connectivity index (χ2v) is 2.24. The van der Waals surface area contributed by atoms with Gasteiger partial charge >= 0.3 is 0 Å². The summed E-state index contributed by atoms with van der Waals surface area (Å²) >= 11 is 5.43. The zero-order valence-electron chi connectivity index (χ0n) is 5.39. The van der Waals surface area contributed by atoms with Crippen LogP contribution >= 0.6 is 11.6 Å². The number of hydrogen-bond donors (Lipinski definition) is 0. The Morgan fingerprint density at radius 3 is 2.64 bits per heavy atom. The van der Waals surface area contributed by atoms with Gasteiger partial charge in [-0.15, -0.1) is 0 Å². The summed E-state index contributed by atoms with van der Waals surface area (Å²) in [7, 11) is 0. The highest BCUT2D eigenvalue weighted by Crippen LogP contribution is 2.10. The first-order valence-electron chi connectivity index (χ1n) is 2.83. The van der Waals surface area contributed by atoms with Crippen LogP contribution in [0.2, 0.25) is 5.15 Å². The molecule has 0 saturated heterocycles. The number of aromatic nitrogens is 1. The van der Waals surface area contributed by atoms with E-state index >= 15 is 0 Å². The van der Waals surface area contributed by atoms with E-state index in [-0.39, 0.29) is 0 Å². The first-order valence-corrected chi connectivity index (χ1v) is 3.20. The quantitative estimate of drug-likeness (QED) is 0.598. The third-order valence-electron chi connectivity index (χ3n) is 1.03. The predicted molar refractivity (Wildman–Crippen MR) is 39.4 cm³/mol. The number of hydrogen-bond acceptors (Lipinski definition) is 1. The van der Waals surface area contributed by atoms with Crippen molar-refractivity contribution in [3.05, 3.63) is 35.1 Å². The number of halogens is 3. The van der Waals surface area contributed by atoms with E-state index < -0.39 is 6.08 Å². The zero-order valence-corrected chi connectivity index (χ0v) is 6.15. The van der Waals surface area contributed by atoms with Crippen LogP contribution in [-0.4, -0.2) is 4.98 Å². The molecular weight excluding hydrogens is 172 g/mol. The van der Waals surface area contributed by atoms with Crippen LogP contribution in [0.25, 0.3) is 6.08 Å². The van der Waals surface area contributed by atoms with Crippen molar-refractivity contribution < 1.29 is 8.78 Å². The van der Waals surface area contributed by atoms with Crippen LogP contribution < -0.4 is 0 Å². The molecule has 0 radical (unpaired) electrons. The van der Waals surface area contributed by atoms with Crippen LogP contribution in [0.5, 0.6) is 0 Å². The second kappa shape index (κ2) is 3.44. The minimum Gasteiger partial charge on any atom is -0.244 e. The molecular formula is C7H4ClF2N. The van der Waals surface area contributed by atoms with Crippen molar-refractivity contribution in [1.29, 1.82) is 0 Å². The summed E-state index contributed by atoms with van der Waals surface area (Å²) in [5.74, 6) is 0. The Hall–Kier alpha value is -0.960. The van der Waals surface area contributed by atoms with Crippen LogP contribution in [0.15, 0.2) is 24.4 Å². The third-order valence-corrected chi connectivity index (χ3v) is 1.25. The lowest BCUT2D eigenvalue weighted by molar-refractivity contribution is 0.429. The Labute approximate surface area is 67.3 Å². The smallest absolute Gasteiger partial charge is 0.244 e. The lowest BCUT2D eigenvalue weighted by Gasteiger charge is -1.90. The first kappa shape index (κ1) is 8.14. The van der Waals surface area contributed by atoms with Crippen LogP contribution in [-0.2, 0) is 0 Å². The van der Waals surface area contributed by atoms with Gasteiger partial charge in [0.2, 0.25) is 0 Å². The second-order valence-electron chi connectivity index (χ2n) is 1.85. The Morgan fingerprint density at radius 1 is 1.45 bits per heavy atom. The fourth-order valence-corrected chi connectivity index (χ4v) is 0.710. The normalized spacial score (nSPS) is 9.36. The fourth-order valence-electron chi connectivity index (χ4n) is 0.599. The fraction of sp³-hybridized carbons (Fsp3) is 0. The molecule has 1 heterocycles. The van der Waals surface area contributed by atoms with Gasteiger partial charge in [0.25, 0.3) is 6.08 Å². The van der Waals surface area contributed by atoms with Gasteiger partial charge in [0.05, 0.1) is 0 Å². The summed E-state index contributed by atoms with van der Waals surface area (Å²) in [6.07, 6.45) is 0.263. The first-order chi connectivity index (χ1) is 5.18. The largest absolute Gasteiger partial charge is 0.270 e. The molecule has 0 N–H and O–H groups in total. The summed E-state index contributed by atoms with van der Waals surface area (Å²) in [6, 6.07) is 2.92. The van der Waals surface area contributed by atoms with E-state index in [1.807, 2.05) is 0 Å². The van der Waals surface area contributed by atoms with Crippen molar-refractivity contribution in [3.8, 4) is 0 Å². The molecule has 0 aliphatic heterocycles. The molecule has 0 aromatic carbocycles. The van der Waals surface area contributed by atoms with Gasteiger partial charge in [-0.25, -0.2) is 4.98 Å². The summed E-state index contributed by atoms with van der Waals surface area (Å²) in [5, 5.41) is 0.293. The third kappa shape index (κ3) is 2.63. The molecule has 1 aromatic rings. The van der Waals surface area contributed by atoms with Gasteiger partial charge in [-0.2, -0.15) is 8.78 Å². The maximum absolute atomic E-state index is 11.6. The molecule has 1 rings (SSSR count). The average Bonchev–Trinajstić information content (AvgIpc) is 1.93. The van der Waals surface area contributed by atoms with E-state index in [0.29, 0.717) is 10.7 Å². The maximum Gasteiger partial charge on any atom is 0.270 e. The Morgan fingerprint density at radius 2 is 2.18 bits per heavy atom. The summed E-state index contributed by atoms with van der Waals surface area (Å²) in [4.78, 5) is 3.62. The van der Waals surface area contributed by atoms with Crippen molar-refractivity contribution >= 4 is 17.7 Å². The SMILES string of the molecule is FC(F)=Cc1ccc(Cl)nc1. The molecule has 0 spiro atoms. The van der Waals surface area contributed by atoms with Crippen LogP contribution in [0.3, 0.4) is 0 Å². The van der Waals surface area contributed by atoms with Gasteiger partial charge in [0.15, 0.2) is 0 Å². The molecule has 11 heavy (non-hydrogen) atoms. The lowest BCUT2D eigenvalue weighted by atomic mass is 10.3. The highest BCUT2D eigenvalue weighted by molar-refractivity contribution is 6.29. The van der Waals surface area contributed by atoms with Crippen molar-refractivity contribution in [2.75, 3.05) is 0 Å². The van der Waals surface area contributed by atoms with Crippen molar-refractivity contribution in [3.63, 3.8) is 0 Å². The summed E-state index contributed by atoms with van der Waals surface area (Å²) < 4.78 is 23.2. The molecule has 0 fully saturated rings. The molecule has 0 amide bonds. The average molecular weight is 176 g/mol. The standard InChI is InChI=1S/C7H4ClF2N/c8-6-2-1-5(4-11-6)3-7(9)10/h1-4H. The predicted octanol–water partition coefficient (Wildman–Crippen LogP) is 2.97. The number of pyridine rings is 1. The molecule has 0 unspecified atom stereocenters. The monoisotopic (exact) mass is 175 g/mol. The van der Waals surface area contributed by atoms with Crippen LogP contribution in [0.4, 0.5) is 8.78 Å². The van der Waals surface area contributed by atoms with E-state index in [9.17, 15) is 8.78 Å². The van der Waals surface area contributed by atoms with Crippen molar-refractivity contribution in [2.24, 2.45) is 0 Å². The van der Waals surface area contributed by atoms with E-state index in [1.54, 1.807) is 0 Å². The molecule has 1 aromatic heterocycles. The van der Waals surface area contributed by atoms with E-state index in [4.69, 9.17) is 11.6 Å². The van der Waals surface area contributed by atoms with E-state index in [0.717, 1.165) is 6.08 Å². The van der Waals surface area contributed by atoms with Crippen LogP contribution in [0.1, 0.15) is 5.56 Å². The summed E-state index contributed by atoms with van der Waals surface area (Å²) in [6.45, 7) is 0. The Bertz CT molecular complexity index is 264. The Balaban J connectivity index is 2.91. The zero-order chi connectivity index (χ0) is 8.27. The van der Waals surface area contributed by atoms with Gasteiger partial charge in [-0.1, -0.05) is 17.7 Å². The van der Waals surface area contributed by atoms with E-state index in [2.05, 4.69) is 4.98 Å². The number of nitrogens with zero attached hydrogens (tertiary/aromatic N) is 1. The Kier molecular flexibility index (Phi) is 2.54. The van der Waals surface area contributed by atoms with E-state index in [1.165, 1.54) is 18.3 Å². The minimum atomic E-state index is -1.74. The number of rotatable bonds is 1. The van der Waals surface area contributed by atoms with Gasteiger partial charge in [0, 0.05) is 12.3 Å². The maximum atomic E-state index is 11.6. The van der Waals surface area contributed by atoms with Gasteiger partial charge in [0.1, 0.15) is 5.15 Å². The highest BCUT2D eigenvalue weighted by atomic mass is 35.5. The highest BCUT2D eigenvalue weighted by Gasteiger charge is 1.92. The summed E-state index contributed by atoms with van der Waals surface area (Å²) in [5.41, 5.74) is 0.342. The van der Waals surface area contributed by atoms with Gasteiger partial charge < -0.3 is 0 Å². The van der Waals surface area contributed by atoms with Gasteiger partial charge in [-0.3, -0.25) is 0 Å². The van der Waals surface area contributed by atoms with Gasteiger partial charge in [-0.05, 0) is 11.6 Å². The minimum absolute atomic E-state index is 0.293. The molecule has 0 aliphatic rings. The molecule has 1 nitrogen and oxygen atoms in total. The van der Waals surface area contributed by atoms with Crippen molar-refractivity contribution in [2.45, 2.75) is 0 Å². The topological polar surface area (TPSA) is 12.9 Å². The molecule has 0 saturated carbocycles.